The van der Waals surface area contributed by atoms with Crippen LogP contribution in [0.2, 0.25) is 0 Å². The van der Waals surface area contributed by atoms with Crippen LogP contribution in [0.15, 0.2) is 22.9 Å². The van der Waals surface area contributed by atoms with Gasteiger partial charge < -0.3 is 5.73 Å². The van der Waals surface area contributed by atoms with Gasteiger partial charge in [-0.15, -0.1) is 0 Å². The quantitative estimate of drug-likeness (QED) is 0.628. The summed E-state index contributed by atoms with van der Waals surface area (Å²) in [5.74, 6) is -1.50. The van der Waals surface area contributed by atoms with Crippen molar-refractivity contribution >= 4 is 28.2 Å². The van der Waals surface area contributed by atoms with Crippen LogP contribution >= 0.6 is 0 Å². The molecule has 1 unspecified atom stereocenters. The Balaban J connectivity index is 2.39. The Morgan fingerprint density at radius 3 is 3.05 bits per heavy atom. The number of aryl methyl sites for hydroxylation is 1. The zero-order valence-corrected chi connectivity index (χ0v) is 11.0. The number of fused-ring (bicyclic) bond motifs is 1. The van der Waals surface area contributed by atoms with Gasteiger partial charge in [-0.05, 0) is 25.4 Å². The molecule has 1 aromatic carbocycles. The fourth-order valence-corrected chi connectivity index (χ4v) is 2.38. The van der Waals surface area contributed by atoms with E-state index in [1.54, 1.807) is 0 Å². The van der Waals surface area contributed by atoms with E-state index in [2.05, 4.69) is 4.98 Å². The van der Waals surface area contributed by atoms with Crippen molar-refractivity contribution in [3.8, 4) is 0 Å². The van der Waals surface area contributed by atoms with E-state index >= 15 is 0 Å². The molecule has 21 heavy (non-hydrogen) atoms. The van der Waals surface area contributed by atoms with Gasteiger partial charge in [0.15, 0.2) is 5.78 Å². The molecule has 1 heterocycles. The van der Waals surface area contributed by atoms with Gasteiger partial charge in [0.1, 0.15) is 11.6 Å². The number of benzene rings is 1. The van der Waals surface area contributed by atoms with Gasteiger partial charge in [-0.25, -0.2) is 4.98 Å². The Morgan fingerprint density at radius 1 is 1.52 bits per heavy atom. The Labute approximate surface area is 127 Å². The number of nitrogen functional groups attached to an aromatic ring is 1. The summed E-state index contributed by atoms with van der Waals surface area (Å²) >= 11 is 0. The Morgan fingerprint density at radius 2 is 2.33 bits per heavy atom. The summed E-state index contributed by atoms with van der Waals surface area (Å²) < 4.78 is 40.0. The highest BCUT2D eigenvalue weighted by Gasteiger charge is 2.30. The molecule has 1 aliphatic rings. The lowest BCUT2D eigenvalue weighted by atomic mass is 9.92. The molecule has 1 atom stereocenters. The van der Waals surface area contributed by atoms with Crippen molar-refractivity contribution in [1.29, 1.82) is 0 Å². The highest BCUT2D eigenvalue weighted by Crippen LogP contribution is 2.24. The summed E-state index contributed by atoms with van der Waals surface area (Å²) in [6, 6.07) is -1.06. The number of ketones is 2. The molecule has 0 spiro atoms. The van der Waals surface area contributed by atoms with Crippen molar-refractivity contribution in [3.63, 3.8) is 0 Å². The monoisotopic (exact) mass is 290 g/mol. The van der Waals surface area contributed by atoms with E-state index in [1.807, 2.05) is 0 Å². The number of nitrogens with zero attached hydrogens (tertiary/aromatic N) is 2. The van der Waals surface area contributed by atoms with Crippen molar-refractivity contribution in [2.24, 2.45) is 0 Å². The zero-order valence-electron chi connectivity index (χ0n) is 16.0. The topological polar surface area (TPSA) is 95.0 Å². The third-order valence-electron chi connectivity index (χ3n) is 3.33. The second kappa shape index (κ2) is 4.80. The smallest absolute Gasteiger partial charge is 0.264 e. The minimum absolute atomic E-state index is 0.00639. The molecule has 1 saturated carbocycles. The van der Waals surface area contributed by atoms with E-state index in [0.29, 0.717) is 0 Å². The van der Waals surface area contributed by atoms with E-state index in [1.165, 1.54) is 6.07 Å². The largest absolute Gasteiger partial charge is 0.398 e. The van der Waals surface area contributed by atoms with Gasteiger partial charge in [0, 0.05) is 16.2 Å². The molecule has 6 nitrogen and oxygen atoms in total. The normalized spacial score (nSPS) is 25.0. The van der Waals surface area contributed by atoms with Gasteiger partial charge in [0.25, 0.3) is 5.56 Å². The van der Waals surface area contributed by atoms with E-state index in [-0.39, 0.29) is 34.5 Å². The first-order valence-corrected chi connectivity index (χ1v) is 6.23. The Hall–Kier alpha value is -2.50. The summed E-state index contributed by atoms with van der Waals surface area (Å²) in [7, 11) is 0. The summed E-state index contributed by atoms with van der Waals surface area (Å²) in [4.78, 5) is 41.1. The highest BCUT2D eigenvalue weighted by atomic mass is 16.2. The van der Waals surface area contributed by atoms with Gasteiger partial charge in [0.05, 0.1) is 26.1 Å². The molecule has 0 bridgehead atoms. The summed E-state index contributed by atoms with van der Waals surface area (Å²) in [5.41, 5.74) is 4.64. The number of carbonyl (C=O) groups is 2. The predicted molar refractivity (Wildman–Crippen MR) is 78.1 cm³/mol. The molecule has 0 radical (unpaired) electrons. The molecule has 1 aliphatic carbocycles. The third-order valence-corrected chi connectivity index (χ3v) is 3.33. The second-order valence-corrected chi connectivity index (χ2v) is 4.76. The maximum Gasteiger partial charge on any atom is 0.264 e. The van der Waals surface area contributed by atoms with Crippen molar-refractivity contribution in [2.45, 2.75) is 32.2 Å². The Kier molecular flexibility index (Phi) is 1.99. The minimum Gasteiger partial charge on any atom is -0.398 e. The molecule has 2 N–H and O–H groups in total. The zero-order chi connectivity index (χ0) is 19.4. The Bertz CT molecular complexity index is 1020. The van der Waals surface area contributed by atoms with E-state index in [4.69, 9.17) is 12.6 Å². The van der Waals surface area contributed by atoms with Crippen LogP contribution in [0.3, 0.4) is 0 Å². The van der Waals surface area contributed by atoms with Crippen LogP contribution < -0.4 is 11.3 Å². The van der Waals surface area contributed by atoms with Gasteiger partial charge in [-0.1, -0.05) is 6.04 Å². The first-order chi connectivity index (χ1) is 12.1. The molecule has 1 aromatic heterocycles. The molecular formula is C15H15N3O3. The van der Waals surface area contributed by atoms with Crippen molar-refractivity contribution in [3.05, 3.63) is 34.3 Å². The number of nitrogens with two attached hydrogens (primary N) is 1. The molecule has 0 saturated heterocycles. The van der Waals surface area contributed by atoms with Crippen LogP contribution in [-0.2, 0) is 9.59 Å². The van der Waals surface area contributed by atoms with Crippen molar-refractivity contribution < 1.29 is 16.4 Å². The maximum atomic E-state index is 13.0. The van der Waals surface area contributed by atoms with Crippen LogP contribution in [0, 0.1) is 6.90 Å². The number of hydrogen-bond acceptors (Lipinski definition) is 5. The van der Waals surface area contributed by atoms with Gasteiger partial charge in [-0.2, -0.15) is 0 Å². The van der Waals surface area contributed by atoms with E-state index < -0.39 is 49.3 Å². The summed E-state index contributed by atoms with van der Waals surface area (Å²) in [5, 5.41) is -0.205. The second-order valence-electron chi connectivity index (χ2n) is 4.76. The number of hydrogen-bond donors (Lipinski definition) is 1. The molecular weight excluding hydrogens is 270 g/mol. The molecule has 1 fully saturated rings. The van der Waals surface area contributed by atoms with Crippen molar-refractivity contribution in [1.82, 2.24) is 9.55 Å². The van der Waals surface area contributed by atoms with Crippen molar-refractivity contribution in [2.75, 3.05) is 5.73 Å². The number of aromatic nitrogens is 2. The molecule has 108 valence electrons. The van der Waals surface area contributed by atoms with E-state index in [9.17, 15) is 14.4 Å². The molecule has 0 aliphatic heterocycles. The molecule has 6 heteroatoms. The van der Waals surface area contributed by atoms with Crippen LogP contribution in [0.4, 0.5) is 5.69 Å². The fourth-order valence-electron chi connectivity index (χ4n) is 2.38. The number of anilines is 1. The fraction of sp³-hybridized carbons (Fsp3) is 0.333. The van der Waals surface area contributed by atoms with Crippen LogP contribution in [0.25, 0.3) is 10.9 Å². The SMILES string of the molecule is [2H]Cc1nc2cc([2H])c([2H])c(N)c2c(=O)n1C1C(=O)CC(=O)CC1([2H])[2H]. The minimum atomic E-state index is -2.32. The third kappa shape index (κ3) is 2.12. The molecule has 2 aromatic rings. The van der Waals surface area contributed by atoms with Crippen LogP contribution in [0.1, 0.15) is 37.9 Å². The molecule has 0 amide bonds. The summed E-state index contributed by atoms with van der Waals surface area (Å²) in [6.07, 6.45) is -3.35. The van der Waals surface area contributed by atoms with E-state index in [0.717, 1.165) is 4.57 Å². The van der Waals surface area contributed by atoms with Gasteiger partial charge >= 0.3 is 0 Å². The molecule has 3 rings (SSSR count). The lowest BCUT2D eigenvalue weighted by Gasteiger charge is -2.24. The maximum absolute atomic E-state index is 13.0. The average molecular weight is 290 g/mol. The lowest BCUT2D eigenvalue weighted by molar-refractivity contribution is -0.132. The van der Waals surface area contributed by atoms with Gasteiger partial charge in [0.2, 0.25) is 0 Å². The number of Topliss-reactive ketones (excluding diaryl/α,β-unsaturated/α-hetero) is 2. The first kappa shape index (κ1) is 8.71. The van der Waals surface area contributed by atoms with Gasteiger partial charge in [-0.3, -0.25) is 19.0 Å². The number of rotatable bonds is 1. The lowest BCUT2D eigenvalue weighted by Crippen LogP contribution is -2.36. The van der Waals surface area contributed by atoms with Crippen LogP contribution in [-0.4, -0.2) is 21.1 Å². The standard InChI is InChI=1S/C15H15N3O3/c1-8-17-11-4-2-3-10(16)14(11)15(21)18(8)12-6-5-9(19)7-13(12)20/h2-4,12H,5-7,16H2,1H3/i1D,2D,3D,6D2. The average Bonchev–Trinajstić information content (AvgIpc) is 2.52. The highest BCUT2D eigenvalue weighted by molar-refractivity contribution is 6.03. The first-order valence-electron chi connectivity index (χ1n) is 8.93. The predicted octanol–water partition coefficient (Wildman–Crippen LogP) is 1.15. The van der Waals surface area contributed by atoms with Crippen LogP contribution in [0.5, 0.6) is 0 Å². The summed E-state index contributed by atoms with van der Waals surface area (Å²) in [6.45, 7) is -0.519. The number of carbonyl (C=O) groups excluding carboxylic acids is 2.